The normalized spacial score (nSPS) is 10.4. The molecule has 0 aliphatic heterocycles. The first-order valence-corrected chi connectivity index (χ1v) is 8.20. The second-order valence-electron chi connectivity index (χ2n) is 5.46. The molecule has 1 heterocycles. The smallest absolute Gasteiger partial charge is 0.253 e. The first-order chi connectivity index (χ1) is 11.6. The number of hydrogen-bond acceptors (Lipinski definition) is 4. The molecular formula is C18H23N3O3. The summed E-state index contributed by atoms with van der Waals surface area (Å²) in [5.41, 5.74) is 1.21. The lowest BCUT2D eigenvalue weighted by Gasteiger charge is -2.09. The number of nitrogens with zero attached hydrogens (tertiary/aromatic N) is 2. The van der Waals surface area contributed by atoms with Gasteiger partial charge in [-0.15, -0.1) is 0 Å². The fourth-order valence-corrected chi connectivity index (χ4v) is 2.23. The molecule has 0 bridgehead atoms. The Morgan fingerprint density at radius 1 is 1.25 bits per heavy atom. The zero-order valence-corrected chi connectivity index (χ0v) is 14.1. The maximum absolute atomic E-state index is 12.1. The van der Waals surface area contributed by atoms with Gasteiger partial charge in [-0.2, -0.15) is 0 Å². The summed E-state index contributed by atoms with van der Waals surface area (Å²) >= 11 is 0. The first kappa shape index (κ1) is 17.7. The Morgan fingerprint density at radius 2 is 2.00 bits per heavy atom. The van der Waals surface area contributed by atoms with E-state index >= 15 is 0 Å². The van der Waals surface area contributed by atoms with E-state index in [1.54, 1.807) is 24.3 Å². The molecule has 1 amide bonds. The van der Waals surface area contributed by atoms with Crippen molar-refractivity contribution in [2.45, 2.75) is 39.7 Å². The Labute approximate surface area is 141 Å². The van der Waals surface area contributed by atoms with Gasteiger partial charge >= 0.3 is 0 Å². The summed E-state index contributed by atoms with van der Waals surface area (Å²) in [5.74, 6) is 0.475. The standard InChI is InChI=1S/C18H23N3O3/c1-3-5-6-15-11-18(23)21(13-19-15)12-17(22)20-14-7-9-16(10-8-14)24-4-2/h7-11,13H,3-6,12H2,1-2H3,(H,20,22). The molecule has 0 spiro atoms. The minimum atomic E-state index is -0.274. The van der Waals surface area contributed by atoms with Gasteiger partial charge in [-0.25, -0.2) is 4.98 Å². The highest BCUT2D eigenvalue weighted by Gasteiger charge is 2.07. The molecule has 0 aliphatic carbocycles. The number of aryl methyl sites for hydroxylation is 1. The minimum absolute atomic E-state index is 0.0624. The number of nitrogens with one attached hydrogen (secondary N) is 1. The van der Waals surface area contributed by atoms with Crippen LogP contribution in [0.4, 0.5) is 5.69 Å². The van der Waals surface area contributed by atoms with Gasteiger partial charge in [-0.05, 0) is 44.0 Å². The van der Waals surface area contributed by atoms with Crippen LogP contribution in [0.1, 0.15) is 32.4 Å². The van der Waals surface area contributed by atoms with Crippen molar-refractivity contribution in [1.82, 2.24) is 9.55 Å². The summed E-state index contributed by atoms with van der Waals surface area (Å²) in [5, 5.41) is 2.75. The van der Waals surface area contributed by atoms with Crippen LogP contribution in [0.3, 0.4) is 0 Å². The van der Waals surface area contributed by atoms with E-state index in [1.807, 2.05) is 6.92 Å². The van der Waals surface area contributed by atoms with Crippen LogP contribution in [0.15, 0.2) is 41.5 Å². The summed E-state index contributed by atoms with van der Waals surface area (Å²) in [7, 11) is 0. The van der Waals surface area contributed by atoms with Gasteiger partial charge in [0, 0.05) is 17.4 Å². The largest absolute Gasteiger partial charge is 0.494 e. The highest BCUT2D eigenvalue weighted by Crippen LogP contribution is 2.15. The second kappa shape index (κ2) is 8.86. The Morgan fingerprint density at radius 3 is 2.62 bits per heavy atom. The van der Waals surface area contributed by atoms with E-state index in [0.29, 0.717) is 12.3 Å². The fourth-order valence-electron chi connectivity index (χ4n) is 2.23. The number of amides is 1. The van der Waals surface area contributed by atoms with Gasteiger partial charge in [-0.3, -0.25) is 14.2 Å². The van der Waals surface area contributed by atoms with Crippen LogP contribution in [0.25, 0.3) is 0 Å². The van der Waals surface area contributed by atoms with Gasteiger partial charge < -0.3 is 10.1 Å². The lowest BCUT2D eigenvalue weighted by molar-refractivity contribution is -0.116. The molecule has 6 heteroatoms. The van der Waals surface area contributed by atoms with Crippen LogP contribution >= 0.6 is 0 Å². The molecule has 0 aliphatic rings. The van der Waals surface area contributed by atoms with Crippen LogP contribution < -0.4 is 15.6 Å². The summed E-state index contributed by atoms with van der Waals surface area (Å²) in [6.07, 6.45) is 4.26. The number of anilines is 1. The van der Waals surface area contributed by atoms with Crippen LogP contribution in [-0.4, -0.2) is 22.1 Å². The van der Waals surface area contributed by atoms with E-state index in [4.69, 9.17) is 4.74 Å². The minimum Gasteiger partial charge on any atom is -0.494 e. The second-order valence-corrected chi connectivity index (χ2v) is 5.46. The summed E-state index contributed by atoms with van der Waals surface area (Å²) < 4.78 is 6.65. The predicted molar refractivity (Wildman–Crippen MR) is 93.3 cm³/mol. The van der Waals surface area contributed by atoms with Gasteiger partial charge in [0.15, 0.2) is 0 Å². The molecule has 0 unspecified atom stereocenters. The molecule has 6 nitrogen and oxygen atoms in total. The number of ether oxygens (including phenoxy) is 1. The molecule has 0 atom stereocenters. The number of carbonyl (C=O) groups is 1. The molecule has 0 saturated carbocycles. The Hall–Kier alpha value is -2.63. The number of carbonyl (C=O) groups excluding carboxylic acids is 1. The van der Waals surface area contributed by atoms with Crippen LogP contribution in [-0.2, 0) is 17.8 Å². The van der Waals surface area contributed by atoms with Crippen molar-refractivity contribution in [2.24, 2.45) is 0 Å². The number of rotatable bonds is 8. The van der Waals surface area contributed by atoms with Crippen LogP contribution in [0.5, 0.6) is 5.75 Å². The maximum Gasteiger partial charge on any atom is 0.253 e. The number of aromatic nitrogens is 2. The molecule has 1 aromatic carbocycles. The van der Waals surface area contributed by atoms with Crippen LogP contribution in [0, 0.1) is 0 Å². The van der Waals surface area contributed by atoms with Gasteiger partial charge in [0.25, 0.3) is 5.56 Å². The maximum atomic E-state index is 12.1. The summed E-state index contributed by atoms with van der Waals surface area (Å²) in [4.78, 5) is 28.3. The lowest BCUT2D eigenvalue weighted by Crippen LogP contribution is -2.27. The predicted octanol–water partition coefficient (Wildman–Crippen LogP) is 2.62. The van der Waals surface area contributed by atoms with E-state index in [2.05, 4.69) is 17.2 Å². The molecule has 2 rings (SSSR count). The molecule has 0 radical (unpaired) electrons. The monoisotopic (exact) mass is 329 g/mol. The van der Waals surface area contributed by atoms with Gasteiger partial charge in [-0.1, -0.05) is 13.3 Å². The molecule has 2 aromatic rings. The van der Waals surface area contributed by atoms with E-state index in [-0.39, 0.29) is 18.0 Å². The molecular weight excluding hydrogens is 306 g/mol. The number of benzene rings is 1. The third-order valence-electron chi connectivity index (χ3n) is 3.49. The fraction of sp³-hybridized carbons (Fsp3) is 0.389. The molecule has 128 valence electrons. The average molecular weight is 329 g/mol. The topological polar surface area (TPSA) is 73.2 Å². The van der Waals surface area contributed by atoms with E-state index in [0.717, 1.165) is 30.7 Å². The summed E-state index contributed by atoms with van der Waals surface area (Å²) in [6.45, 7) is 4.53. The van der Waals surface area contributed by atoms with E-state index < -0.39 is 0 Å². The zero-order valence-electron chi connectivity index (χ0n) is 14.1. The molecule has 0 fully saturated rings. The van der Waals surface area contributed by atoms with Crippen molar-refractivity contribution in [2.75, 3.05) is 11.9 Å². The van der Waals surface area contributed by atoms with Crippen molar-refractivity contribution in [3.8, 4) is 5.75 Å². The number of hydrogen-bond donors (Lipinski definition) is 1. The Balaban J connectivity index is 1.95. The highest BCUT2D eigenvalue weighted by atomic mass is 16.5. The quantitative estimate of drug-likeness (QED) is 0.808. The third kappa shape index (κ3) is 5.22. The van der Waals surface area contributed by atoms with Crippen LogP contribution in [0.2, 0.25) is 0 Å². The van der Waals surface area contributed by atoms with E-state index in [1.165, 1.54) is 17.0 Å². The Kier molecular flexibility index (Phi) is 6.54. The lowest BCUT2D eigenvalue weighted by atomic mass is 10.2. The van der Waals surface area contributed by atoms with Crippen molar-refractivity contribution in [3.05, 3.63) is 52.7 Å². The molecule has 1 N–H and O–H groups in total. The first-order valence-electron chi connectivity index (χ1n) is 8.20. The van der Waals surface area contributed by atoms with Gasteiger partial charge in [0.1, 0.15) is 12.3 Å². The SMILES string of the molecule is CCCCc1cc(=O)n(CC(=O)Nc2ccc(OCC)cc2)cn1. The number of unbranched alkanes of at least 4 members (excludes halogenated alkanes) is 1. The third-order valence-corrected chi connectivity index (χ3v) is 3.49. The van der Waals surface area contributed by atoms with Crippen molar-refractivity contribution < 1.29 is 9.53 Å². The zero-order chi connectivity index (χ0) is 17.4. The molecule has 24 heavy (non-hydrogen) atoms. The van der Waals surface area contributed by atoms with Gasteiger partial charge in [0.05, 0.1) is 12.9 Å². The van der Waals surface area contributed by atoms with Gasteiger partial charge in [0.2, 0.25) is 5.91 Å². The van der Waals surface area contributed by atoms with E-state index in [9.17, 15) is 9.59 Å². The van der Waals surface area contributed by atoms with Crippen molar-refractivity contribution in [3.63, 3.8) is 0 Å². The molecule has 0 saturated heterocycles. The molecule has 1 aromatic heterocycles. The Bertz CT molecular complexity index is 723. The van der Waals surface area contributed by atoms with Crippen molar-refractivity contribution >= 4 is 11.6 Å². The average Bonchev–Trinajstić information content (AvgIpc) is 2.57. The summed E-state index contributed by atoms with van der Waals surface area (Å²) in [6, 6.07) is 8.60. The highest BCUT2D eigenvalue weighted by molar-refractivity contribution is 5.90. The van der Waals surface area contributed by atoms with Crippen molar-refractivity contribution in [1.29, 1.82) is 0 Å².